The Bertz CT molecular complexity index is 404. The van der Waals surface area contributed by atoms with Crippen LogP contribution in [0, 0.1) is 0 Å². The Morgan fingerprint density at radius 3 is 2.56 bits per heavy atom. The van der Waals surface area contributed by atoms with Crippen molar-refractivity contribution in [2.24, 2.45) is 0 Å². The van der Waals surface area contributed by atoms with Crippen molar-refractivity contribution in [3.05, 3.63) is 22.2 Å². The fourth-order valence-corrected chi connectivity index (χ4v) is 1.53. The molecule has 0 saturated heterocycles. The van der Waals surface area contributed by atoms with Gasteiger partial charge in [0.1, 0.15) is 11.3 Å². The first-order valence-electron chi connectivity index (χ1n) is 4.79. The summed E-state index contributed by atoms with van der Waals surface area (Å²) >= 11 is 3.26. The number of anilines is 1. The van der Waals surface area contributed by atoms with Crippen LogP contribution < -0.4 is 10.5 Å². The molecule has 1 rings (SSSR count). The number of rotatable bonds is 3. The van der Waals surface area contributed by atoms with E-state index >= 15 is 0 Å². The second-order valence-corrected chi connectivity index (χ2v) is 4.38. The first-order chi connectivity index (χ1) is 7.45. The van der Waals surface area contributed by atoms with Crippen molar-refractivity contribution in [2.75, 3.05) is 12.8 Å². The van der Waals surface area contributed by atoms with Crippen LogP contribution in [-0.2, 0) is 4.74 Å². The summed E-state index contributed by atoms with van der Waals surface area (Å²) in [6.45, 7) is 3.75. The minimum absolute atomic E-state index is 0.0380. The van der Waals surface area contributed by atoms with Crippen LogP contribution in [0.15, 0.2) is 16.6 Å². The normalized spacial score (nSPS) is 10.3. The van der Waals surface area contributed by atoms with Gasteiger partial charge in [0.2, 0.25) is 0 Å². The van der Waals surface area contributed by atoms with Crippen LogP contribution in [0.1, 0.15) is 24.2 Å². The van der Waals surface area contributed by atoms with Gasteiger partial charge in [0.25, 0.3) is 0 Å². The standard InChI is InChI=1S/C11H14BrNO3/c1-6(2)16-10-5-9(13)8(12)4-7(10)11(14)15-3/h4-6H,13H2,1-3H3. The number of carbonyl (C=O) groups is 1. The van der Waals surface area contributed by atoms with Crippen LogP contribution >= 0.6 is 15.9 Å². The fourth-order valence-electron chi connectivity index (χ4n) is 1.19. The Balaban J connectivity index is 3.21. The molecule has 0 bridgehead atoms. The Kier molecular flexibility index (Phi) is 4.18. The first kappa shape index (κ1) is 12.8. The molecule has 0 aliphatic heterocycles. The number of methoxy groups -OCH3 is 1. The van der Waals surface area contributed by atoms with Crippen LogP contribution in [-0.4, -0.2) is 19.2 Å². The highest BCUT2D eigenvalue weighted by molar-refractivity contribution is 9.10. The lowest BCUT2D eigenvalue weighted by molar-refractivity contribution is 0.0594. The summed E-state index contributed by atoms with van der Waals surface area (Å²) in [5, 5.41) is 0. The van der Waals surface area contributed by atoms with E-state index in [1.54, 1.807) is 12.1 Å². The van der Waals surface area contributed by atoms with Crippen molar-refractivity contribution in [2.45, 2.75) is 20.0 Å². The molecule has 0 aliphatic rings. The maximum atomic E-state index is 11.5. The fraction of sp³-hybridized carbons (Fsp3) is 0.364. The number of carbonyl (C=O) groups excluding carboxylic acids is 1. The van der Waals surface area contributed by atoms with E-state index < -0.39 is 5.97 Å². The molecule has 1 aromatic carbocycles. The van der Waals surface area contributed by atoms with Crippen molar-refractivity contribution in [1.82, 2.24) is 0 Å². The lowest BCUT2D eigenvalue weighted by Gasteiger charge is -2.14. The molecule has 88 valence electrons. The second-order valence-electron chi connectivity index (χ2n) is 3.53. The monoisotopic (exact) mass is 287 g/mol. The van der Waals surface area contributed by atoms with Crippen molar-refractivity contribution in [1.29, 1.82) is 0 Å². The highest BCUT2D eigenvalue weighted by atomic mass is 79.9. The van der Waals surface area contributed by atoms with Gasteiger partial charge in [0.15, 0.2) is 0 Å². The molecule has 5 heteroatoms. The topological polar surface area (TPSA) is 61.5 Å². The average molecular weight is 288 g/mol. The summed E-state index contributed by atoms with van der Waals surface area (Å²) < 4.78 is 10.8. The van der Waals surface area contributed by atoms with E-state index in [9.17, 15) is 4.79 Å². The summed E-state index contributed by atoms with van der Waals surface area (Å²) in [6, 6.07) is 3.20. The van der Waals surface area contributed by atoms with E-state index in [0.29, 0.717) is 21.5 Å². The predicted molar refractivity (Wildman–Crippen MR) is 65.7 cm³/mol. The van der Waals surface area contributed by atoms with Gasteiger partial charge in [-0.15, -0.1) is 0 Å². The Hall–Kier alpha value is -1.23. The molecule has 0 amide bonds. The van der Waals surface area contributed by atoms with E-state index in [1.165, 1.54) is 7.11 Å². The van der Waals surface area contributed by atoms with Gasteiger partial charge in [-0.2, -0.15) is 0 Å². The zero-order valence-electron chi connectivity index (χ0n) is 9.41. The lowest BCUT2D eigenvalue weighted by atomic mass is 10.2. The SMILES string of the molecule is COC(=O)c1cc(Br)c(N)cc1OC(C)C. The van der Waals surface area contributed by atoms with Gasteiger partial charge in [-0.05, 0) is 35.8 Å². The summed E-state index contributed by atoms with van der Waals surface area (Å²) in [5.41, 5.74) is 6.60. The molecule has 0 aromatic heterocycles. The van der Waals surface area contributed by atoms with Gasteiger partial charge in [-0.3, -0.25) is 0 Å². The molecule has 2 N–H and O–H groups in total. The number of hydrogen-bond donors (Lipinski definition) is 1. The number of ether oxygens (including phenoxy) is 2. The summed E-state index contributed by atoms with van der Waals surface area (Å²) in [6.07, 6.45) is -0.0380. The average Bonchev–Trinajstić information content (AvgIpc) is 2.21. The summed E-state index contributed by atoms with van der Waals surface area (Å²) in [7, 11) is 1.33. The molecule has 16 heavy (non-hydrogen) atoms. The molecule has 4 nitrogen and oxygen atoms in total. The maximum absolute atomic E-state index is 11.5. The molecule has 0 atom stereocenters. The molecule has 0 saturated carbocycles. The molecular formula is C11H14BrNO3. The van der Waals surface area contributed by atoms with Crippen LogP contribution in [0.25, 0.3) is 0 Å². The number of esters is 1. The maximum Gasteiger partial charge on any atom is 0.341 e. The highest BCUT2D eigenvalue weighted by Gasteiger charge is 2.16. The zero-order chi connectivity index (χ0) is 12.3. The van der Waals surface area contributed by atoms with Gasteiger partial charge in [-0.1, -0.05) is 0 Å². The third-order valence-corrected chi connectivity index (χ3v) is 2.55. The molecule has 0 aliphatic carbocycles. The molecule has 1 aromatic rings. The van der Waals surface area contributed by atoms with Gasteiger partial charge in [0, 0.05) is 16.2 Å². The van der Waals surface area contributed by atoms with Gasteiger partial charge in [0.05, 0.1) is 13.2 Å². The smallest absolute Gasteiger partial charge is 0.341 e. The van der Waals surface area contributed by atoms with Crippen molar-refractivity contribution < 1.29 is 14.3 Å². The van der Waals surface area contributed by atoms with E-state index in [-0.39, 0.29) is 6.10 Å². The molecule has 0 unspecified atom stereocenters. The number of benzene rings is 1. The number of hydrogen-bond acceptors (Lipinski definition) is 4. The molecule has 0 radical (unpaired) electrons. The second kappa shape index (κ2) is 5.21. The Morgan fingerprint density at radius 1 is 1.44 bits per heavy atom. The minimum Gasteiger partial charge on any atom is -0.490 e. The molecular weight excluding hydrogens is 274 g/mol. The summed E-state index contributed by atoms with van der Waals surface area (Å²) in [4.78, 5) is 11.5. The first-order valence-corrected chi connectivity index (χ1v) is 5.59. The van der Waals surface area contributed by atoms with Crippen LogP contribution in [0.4, 0.5) is 5.69 Å². The van der Waals surface area contributed by atoms with Crippen molar-refractivity contribution in [3.63, 3.8) is 0 Å². The van der Waals surface area contributed by atoms with Gasteiger partial charge in [-0.25, -0.2) is 4.79 Å². The van der Waals surface area contributed by atoms with Gasteiger partial charge >= 0.3 is 5.97 Å². The van der Waals surface area contributed by atoms with Crippen LogP contribution in [0.2, 0.25) is 0 Å². The van der Waals surface area contributed by atoms with E-state index in [4.69, 9.17) is 10.5 Å². The van der Waals surface area contributed by atoms with Gasteiger partial charge < -0.3 is 15.2 Å². The highest BCUT2D eigenvalue weighted by Crippen LogP contribution is 2.30. The van der Waals surface area contributed by atoms with Crippen LogP contribution in [0.3, 0.4) is 0 Å². The lowest BCUT2D eigenvalue weighted by Crippen LogP contribution is -2.11. The number of halogens is 1. The quantitative estimate of drug-likeness (QED) is 0.686. The van der Waals surface area contributed by atoms with Crippen molar-refractivity contribution in [3.8, 4) is 5.75 Å². The van der Waals surface area contributed by atoms with E-state index in [1.807, 2.05) is 13.8 Å². The molecule has 0 fully saturated rings. The molecule has 0 heterocycles. The Morgan fingerprint density at radius 2 is 2.06 bits per heavy atom. The third kappa shape index (κ3) is 2.88. The number of nitrogens with two attached hydrogens (primary N) is 1. The van der Waals surface area contributed by atoms with Crippen LogP contribution in [0.5, 0.6) is 5.75 Å². The van der Waals surface area contributed by atoms with Crippen molar-refractivity contribution >= 4 is 27.6 Å². The minimum atomic E-state index is -0.448. The number of nitrogen functional groups attached to an aromatic ring is 1. The summed E-state index contributed by atoms with van der Waals surface area (Å²) in [5.74, 6) is -0.0149. The predicted octanol–water partition coefficient (Wildman–Crippen LogP) is 2.61. The third-order valence-electron chi connectivity index (χ3n) is 1.87. The van der Waals surface area contributed by atoms with E-state index in [2.05, 4.69) is 20.7 Å². The zero-order valence-corrected chi connectivity index (χ0v) is 11.0. The van der Waals surface area contributed by atoms with E-state index in [0.717, 1.165) is 0 Å². The largest absolute Gasteiger partial charge is 0.490 e. The molecule has 0 spiro atoms. The Labute approximate surface area is 103 Å².